The van der Waals surface area contributed by atoms with Crippen LogP contribution >= 0.6 is 11.8 Å². The van der Waals surface area contributed by atoms with Crippen molar-refractivity contribution < 1.29 is 14.3 Å². The first-order valence-electron chi connectivity index (χ1n) is 11.5. The first-order chi connectivity index (χ1) is 16.8. The van der Waals surface area contributed by atoms with E-state index in [1.165, 1.54) is 11.8 Å². The van der Waals surface area contributed by atoms with Gasteiger partial charge in [-0.3, -0.25) is 14.5 Å². The number of aryl methyl sites for hydroxylation is 2. The van der Waals surface area contributed by atoms with Gasteiger partial charge in [-0.25, -0.2) is 4.99 Å². The van der Waals surface area contributed by atoms with E-state index in [0.717, 1.165) is 35.3 Å². The minimum Gasteiger partial charge on any atom is -0.497 e. The maximum Gasteiger partial charge on any atom is 0.283 e. The Morgan fingerprint density at radius 1 is 1.20 bits per heavy atom. The zero-order valence-electron chi connectivity index (χ0n) is 20.1. The number of nitrogens with zero attached hydrogens (tertiary/aromatic N) is 3. The molecule has 1 N–H and O–H groups in total. The monoisotopic (exact) mass is 488 g/mol. The molecule has 2 aliphatic rings. The normalized spacial score (nSPS) is 17.9. The molecule has 2 amide bonds. The molecule has 0 aromatic heterocycles. The highest BCUT2D eigenvalue weighted by atomic mass is 32.2. The van der Waals surface area contributed by atoms with Crippen molar-refractivity contribution in [1.82, 2.24) is 5.32 Å². The SMILES string of the molecule is COc1ccc(C=C2N=C(SCC(=O)NC3(C#N)CCCC3)N(c3cc(C)cc(C)c3)C2=O)cc1. The maximum absolute atomic E-state index is 13.4. The van der Waals surface area contributed by atoms with E-state index in [2.05, 4.69) is 16.4 Å². The molecule has 0 bridgehead atoms. The third-order valence-electron chi connectivity index (χ3n) is 6.10. The molecule has 8 heteroatoms. The van der Waals surface area contributed by atoms with E-state index in [1.54, 1.807) is 18.1 Å². The smallest absolute Gasteiger partial charge is 0.283 e. The van der Waals surface area contributed by atoms with Crippen molar-refractivity contribution in [3.63, 3.8) is 0 Å². The molecule has 0 saturated heterocycles. The predicted molar refractivity (Wildman–Crippen MR) is 139 cm³/mol. The molecular formula is C27H28N4O3S. The van der Waals surface area contributed by atoms with Crippen LogP contribution in [0.3, 0.4) is 0 Å². The Hall–Kier alpha value is -3.57. The number of hydrogen-bond acceptors (Lipinski definition) is 6. The van der Waals surface area contributed by atoms with Crippen molar-refractivity contribution in [2.24, 2.45) is 4.99 Å². The number of rotatable bonds is 6. The third-order valence-corrected chi connectivity index (χ3v) is 7.03. The fourth-order valence-corrected chi connectivity index (χ4v) is 5.25. The molecule has 7 nitrogen and oxygen atoms in total. The van der Waals surface area contributed by atoms with Gasteiger partial charge in [0.15, 0.2) is 5.17 Å². The number of nitriles is 1. The first kappa shape index (κ1) is 24.6. The molecule has 1 aliphatic heterocycles. The molecule has 1 fully saturated rings. The van der Waals surface area contributed by atoms with Crippen LogP contribution in [-0.2, 0) is 9.59 Å². The molecule has 2 aromatic carbocycles. The summed E-state index contributed by atoms with van der Waals surface area (Å²) in [6.45, 7) is 3.96. The van der Waals surface area contributed by atoms with Gasteiger partial charge in [0.1, 0.15) is 17.0 Å². The van der Waals surface area contributed by atoms with Crippen molar-refractivity contribution in [3.8, 4) is 11.8 Å². The van der Waals surface area contributed by atoms with E-state index >= 15 is 0 Å². The number of nitrogens with one attached hydrogen (secondary N) is 1. The number of carbonyl (C=O) groups is 2. The Bertz CT molecular complexity index is 1220. The highest BCUT2D eigenvalue weighted by molar-refractivity contribution is 8.14. The second-order valence-corrected chi connectivity index (χ2v) is 9.86. The van der Waals surface area contributed by atoms with Gasteiger partial charge in [-0.05, 0) is 86.6 Å². The van der Waals surface area contributed by atoms with Gasteiger partial charge in [0.25, 0.3) is 5.91 Å². The Morgan fingerprint density at radius 2 is 1.86 bits per heavy atom. The lowest BCUT2D eigenvalue weighted by Gasteiger charge is -2.22. The zero-order valence-corrected chi connectivity index (χ0v) is 20.9. The minimum absolute atomic E-state index is 0.0622. The number of amidine groups is 1. The molecule has 0 radical (unpaired) electrons. The molecule has 35 heavy (non-hydrogen) atoms. The van der Waals surface area contributed by atoms with Crippen molar-refractivity contribution in [2.75, 3.05) is 17.8 Å². The molecule has 1 saturated carbocycles. The number of ether oxygens (including phenoxy) is 1. The number of anilines is 1. The van der Waals surface area contributed by atoms with Crippen LogP contribution in [-0.4, -0.2) is 35.4 Å². The van der Waals surface area contributed by atoms with Crippen molar-refractivity contribution in [2.45, 2.75) is 45.1 Å². The summed E-state index contributed by atoms with van der Waals surface area (Å²) in [5.41, 5.74) is 3.10. The highest BCUT2D eigenvalue weighted by Gasteiger charge is 2.36. The predicted octanol–water partition coefficient (Wildman–Crippen LogP) is 4.74. The van der Waals surface area contributed by atoms with Gasteiger partial charge in [0.2, 0.25) is 5.91 Å². The van der Waals surface area contributed by atoms with Crippen molar-refractivity contribution >= 4 is 40.5 Å². The summed E-state index contributed by atoms with van der Waals surface area (Å²) in [6.07, 6.45) is 4.93. The number of hydrogen-bond donors (Lipinski definition) is 1. The average Bonchev–Trinajstić information content (AvgIpc) is 3.42. The first-order valence-corrected chi connectivity index (χ1v) is 12.5. The Balaban J connectivity index is 1.59. The van der Waals surface area contributed by atoms with E-state index in [4.69, 9.17) is 4.74 Å². The fraction of sp³-hybridized carbons (Fsp3) is 0.333. The standard InChI is InChI=1S/C27H28N4O3S/c1-18-12-19(2)14-21(13-18)31-25(33)23(15-20-6-8-22(34-3)9-7-20)29-26(31)35-16-24(32)30-27(17-28)10-4-5-11-27/h6-9,12-15H,4-5,10-11,16H2,1-3H3,(H,30,32). The number of carbonyl (C=O) groups excluding carboxylic acids is 2. The quantitative estimate of drug-likeness (QED) is 0.593. The molecule has 4 rings (SSSR count). The van der Waals surface area contributed by atoms with E-state index in [-0.39, 0.29) is 17.6 Å². The number of aliphatic imine (C=N–C) groups is 1. The van der Waals surface area contributed by atoms with Crippen LogP contribution in [0, 0.1) is 25.2 Å². The molecule has 2 aromatic rings. The van der Waals surface area contributed by atoms with Crippen LogP contribution in [0.2, 0.25) is 0 Å². The second-order valence-electron chi connectivity index (χ2n) is 8.92. The zero-order chi connectivity index (χ0) is 25.0. The summed E-state index contributed by atoms with van der Waals surface area (Å²) in [7, 11) is 1.60. The summed E-state index contributed by atoms with van der Waals surface area (Å²) in [5, 5.41) is 12.9. The number of amides is 2. The summed E-state index contributed by atoms with van der Waals surface area (Å²) >= 11 is 1.20. The van der Waals surface area contributed by atoms with Crippen LogP contribution in [0.25, 0.3) is 6.08 Å². The average molecular weight is 489 g/mol. The Morgan fingerprint density at radius 3 is 2.46 bits per heavy atom. The summed E-state index contributed by atoms with van der Waals surface area (Å²) in [6, 6.07) is 15.5. The molecule has 0 spiro atoms. The number of thioether (sulfide) groups is 1. The van der Waals surface area contributed by atoms with Crippen molar-refractivity contribution in [1.29, 1.82) is 5.26 Å². The minimum atomic E-state index is -0.780. The summed E-state index contributed by atoms with van der Waals surface area (Å²) in [5.74, 6) is 0.302. The highest BCUT2D eigenvalue weighted by Crippen LogP contribution is 2.32. The Labute approximate surface area is 209 Å². The van der Waals surface area contributed by atoms with Crippen LogP contribution in [0.15, 0.2) is 53.2 Å². The van der Waals surface area contributed by atoms with E-state index in [1.807, 2.05) is 56.3 Å². The van der Waals surface area contributed by atoms with E-state index < -0.39 is 5.54 Å². The van der Waals surface area contributed by atoms with Gasteiger partial charge < -0.3 is 10.1 Å². The molecule has 0 unspecified atom stereocenters. The van der Waals surface area contributed by atoms with E-state index in [9.17, 15) is 14.9 Å². The van der Waals surface area contributed by atoms with Crippen LogP contribution in [0.5, 0.6) is 5.75 Å². The lowest BCUT2D eigenvalue weighted by Crippen LogP contribution is -2.46. The van der Waals surface area contributed by atoms with Gasteiger partial charge in [-0.15, -0.1) is 0 Å². The molecular weight excluding hydrogens is 460 g/mol. The van der Waals surface area contributed by atoms with Gasteiger partial charge in [-0.1, -0.05) is 30.0 Å². The van der Waals surface area contributed by atoms with Crippen LogP contribution < -0.4 is 15.0 Å². The van der Waals surface area contributed by atoms with Gasteiger partial charge in [-0.2, -0.15) is 5.26 Å². The summed E-state index contributed by atoms with van der Waals surface area (Å²) < 4.78 is 5.21. The second kappa shape index (κ2) is 10.4. The topological polar surface area (TPSA) is 94.8 Å². The molecule has 1 aliphatic carbocycles. The number of benzene rings is 2. The maximum atomic E-state index is 13.4. The largest absolute Gasteiger partial charge is 0.497 e. The molecule has 1 heterocycles. The molecule has 0 atom stereocenters. The van der Waals surface area contributed by atoms with Gasteiger partial charge in [0, 0.05) is 0 Å². The number of methoxy groups -OCH3 is 1. The van der Waals surface area contributed by atoms with Crippen LogP contribution in [0.1, 0.15) is 42.4 Å². The lowest BCUT2D eigenvalue weighted by atomic mass is 10.0. The molecule has 180 valence electrons. The van der Waals surface area contributed by atoms with Crippen LogP contribution in [0.4, 0.5) is 5.69 Å². The van der Waals surface area contributed by atoms with Gasteiger partial charge in [0.05, 0.1) is 24.6 Å². The Kier molecular flexibility index (Phi) is 7.27. The van der Waals surface area contributed by atoms with Gasteiger partial charge >= 0.3 is 0 Å². The van der Waals surface area contributed by atoms with E-state index in [0.29, 0.717) is 29.4 Å². The summed E-state index contributed by atoms with van der Waals surface area (Å²) in [4.78, 5) is 32.3. The lowest BCUT2D eigenvalue weighted by molar-refractivity contribution is -0.119. The third kappa shape index (κ3) is 5.57. The fourth-order valence-electron chi connectivity index (χ4n) is 4.43. The van der Waals surface area contributed by atoms with Crippen molar-refractivity contribution in [3.05, 3.63) is 64.9 Å².